The van der Waals surface area contributed by atoms with Gasteiger partial charge < -0.3 is 19.9 Å². The number of alkyl halides is 3. The topological polar surface area (TPSA) is 44.8 Å². The lowest BCUT2D eigenvalue weighted by atomic mass is 10.2. The first-order chi connectivity index (χ1) is 12.5. The smallest absolute Gasteiger partial charge is 0.416 e. The van der Waals surface area contributed by atoms with Crippen LogP contribution in [0.1, 0.15) is 32.8 Å². The Bertz CT molecular complexity index is 689. The lowest BCUT2D eigenvalue weighted by Crippen LogP contribution is -2.41. The number of carbonyl (C=O) groups is 1. The van der Waals surface area contributed by atoms with Crippen molar-refractivity contribution >= 4 is 29.1 Å². The molecule has 0 spiro atoms. The molecule has 1 aliphatic heterocycles. The summed E-state index contributed by atoms with van der Waals surface area (Å²) in [6.45, 7) is 7.47. The van der Waals surface area contributed by atoms with Crippen molar-refractivity contribution < 1.29 is 22.7 Å². The normalized spacial score (nSPS) is 15.9. The van der Waals surface area contributed by atoms with Gasteiger partial charge in [0.05, 0.1) is 5.56 Å². The van der Waals surface area contributed by atoms with E-state index in [0.29, 0.717) is 37.7 Å². The van der Waals surface area contributed by atoms with Crippen LogP contribution in [0.5, 0.6) is 0 Å². The van der Waals surface area contributed by atoms with Crippen molar-refractivity contribution in [2.75, 3.05) is 31.5 Å². The number of benzene rings is 1. The maximum atomic E-state index is 12.8. The van der Waals surface area contributed by atoms with Crippen molar-refractivity contribution in [1.29, 1.82) is 0 Å². The van der Waals surface area contributed by atoms with Crippen LogP contribution in [-0.4, -0.2) is 52.8 Å². The molecule has 0 unspecified atom stereocenters. The largest absolute Gasteiger partial charge is 0.444 e. The number of hydrogen-bond donors (Lipinski definition) is 1. The molecule has 2 rings (SSSR count). The van der Waals surface area contributed by atoms with Crippen LogP contribution < -0.4 is 5.32 Å². The Morgan fingerprint density at radius 1 is 1.11 bits per heavy atom. The quantitative estimate of drug-likeness (QED) is 0.707. The number of thiocarbonyl (C=S) groups is 1. The zero-order valence-electron chi connectivity index (χ0n) is 15.6. The summed E-state index contributed by atoms with van der Waals surface area (Å²) in [5.41, 5.74) is -1.02. The van der Waals surface area contributed by atoms with Crippen LogP contribution in [-0.2, 0) is 10.9 Å². The number of amides is 1. The Hall–Kier alpha value is -2.03. The minimum absolute atomic E-state index is 0.281. The second kappa shape index (κ2) is 8.33. The highest BCUT2D eigenvalue weighted by Gasteiger charge is 2.30. The van der Waals surface area contributed by atoms with Gasteiger partial charge in [-0.05, 0) is 57.6 Å². The van der Waals surface area contributed by atoms with Gasteiger partial charge in [-0.25, -0.2) is 4.79 Å². The fourth-order valence-electron chi connectivity index (χ4n) is 2.61. The first kappa shape index (κ1) is 21.3. The van der Waals surface area contributed by atoms with Gasteiger partial charge in [0.15, 0.2) is 5.11 Å². The van der Waals surface area contributed by atoms with Gasteiger partial charge in [-0.15, -0.1) is 0 Å². The van der Waals surface area contributed by atoms with E-state index in [0.717, 1.165) is 12.1 Å². The molecule has 0 radical (unpaired) electrons. The summed E-state index contributed by atoms with van der Waals surface area (Å²) in [6.07, 6.45) is -4.10. The Balaban J connectivity index is 1.95. The number of rotatable bonds is 1. The van der Waals surface area contributed by atoms with Crippen molar-refractivity contribution in [3.05, 3.63) is 29.8 Å². The highest BCUT2D eigenvalue weighted by molar-refractivity contribution is 7.80. The number of nitrogens with one attached hydrogen (secondary N) is 1. The summed E-state index contributed by atoms with van der Waals surface area (Å²) in [5.74, 6) is 0. The highest BCUT2D eigenvalue weighted by Crippen LogP contribution is 2.30. The van der Waals surface area contributed by atoms with Crippen LogP contribution in [0.4, 0.5) is 23.7 Å². The fourth-order valence-corrected chi connectivity index (χ4v) is 2.91. The van der Waals surface area contributed by atoms with Crippen molar-refractivity contribution in [3.63, 3.8) is 0 Å². The number of ether oxygens (including phenoxy) is 1. The van der Waals surface area contributed by atoms with E-state index in [1.165, 1.54) is 12.1 Å². The monoisotopic (exact) mass is 403 g/mol. The van der Waals surface area contributed by atoms with Crippen molar-refractivity contribution in [2.24, 2.45) is 0 Å². The molecule has 5 nitrogen and oxygen atoms in total. The second-order valence-electron chi connectivity index (χ2n) is 7.32. The summed E-state index contributed by atoms with van der Waals surface area (Å²) in [4.78, 5) is 15.7. The molecule has 0 aliphatic carbocycles. The van der Waals surface area contributed by atoms with E-state index in [1.54, 1.807) is 4.90 Å². The zero-order chi connectivity index (χ0) is 20.2. The average molecular weight is 403 g/mol. The summed E-state index contributed by atoms with van der Waals surface area (Å²) in [7, 11) is 0. The fraction of sp³-hybridized carbons (Fsp3) is 0.556. The first-order valence-electron chi connectivity index (χ1n) is 8.67. The third-order valence-electron chi connectivity index (χ3n) is 3.88. The van der Waals surface area contributed by atoms with Crippen LogP contribution in [0.2, 0.25) is 0 Å². The summed E-state index contributed by atoms with van der Waals surface area (Å²) < 4.78 is 43.9. The number of hydrogen-bond acceptors (Lipinski definition) is 3. The molecule has 0 saturated carbocycles. The van der Waals surface area contributed by atoms with Crippen LogP contribution in [0.25, 0.3) is 0 Å². The third kappa shape index (κ3) is 6.57. The third-order valence-corrected chi connectivity index (χ3v) is 4.24. The lowest BCUT2D eigenvalue weighted by molar-refractivity contribution is -0.137. The van der Waals surface area contributed by atoms with E-state index in [1.807, 2.05) is 25.7 Å². The molecule has 1 aromatic carbocycles. The van der Waals surface area contributed by atoms with E-state index in [9.17, 15) is 18.0 Å². The molecular weight excluding hydrogens is 379 g/mol. The molecule has 1 aliphatic rings. The van der Waals surface area contributed by atoms with Crippen LogP contribution in [0.3, 0.4) is 0 Å². The van der Waals surface area contributed by atoms with Gasteiger partial charge in [0.1, 0.15) is 5.60 Å². The van der Waals surface area contributed by atoms with Gasteiger partial charge >= 0.3 is 12.3 Å². The average Bonchev–Trinajstić information content (AvgIpc) is 2.79. The predicted molar refractivity (Wildman–Crippen MR) is 102 cm³/mol. The summed E-state index contributed by atoms with van der Waals surface area (Å²) >= 11 is 5.34. The Labute approximate surface area is 162 Å². The Morgan fingerprint density at radius 3 is 2.37 bits per heavy atom. The number of carbonyl (C=O) groups excluding carboxylic acids is 1. The van der Waals surface area contributed by atoms with E-state index in [2.05, 4.69) is 5.32 Å². The van der Waals surface area contributed by atoms with Crippen LogP contribution in [0, 0.1) is 0 Å². The Morgan fingerprint density at radius 2 is 1.74 bits per heavy atom. The summed E-state index contributed by atoms with van der Waals surface area (Å²) in [6, 6.07) is 4.91. The standard InChI is InChI=1S/C18H24F3N3O2S/c1-17(2,3)26-16(25)24-9-5-8-23(10-11-24)15(27)22-14-7-4-6-13(12-14)18(19,20)21/h4,6-7,12H,5,8-11H2,1-3H3,(H,22,27). The summed E-state index contributed by atoms with van der Waals surface area (Å²) in [5, 5.41) is 3.19. The second-order valence-corrected chi connectivity index (χ2v) is 7.70. The van der Waals surface area contributed by atoms with Crippen LogP contribution >= 0.6 is 12.2 Å². The minimum Gasteiger partial charge on any atom is -0.444 e. The maximum absolute atomic E-state index is 12.8. The molecule has 1 fully saturated rings. The number of nitrogens with zero attached hydrogens (tertiary/aromatic N) is 2. The molecule has 1 heterocycles. The lowest BCUT2D eigenvalue weighted by Gasteiger charge is -2.27. The molecule has 1 amide bonds. The molecule has 1 aromatic rings. The molecule has 9 heteroatoms. The molecule has 1 saturated heterocycles. The van der Waals surface area contributed by atoms with E-state index in [-0.39, 0.29) is 11.8 Å². The van der Waals surface area contributed by atoms with Gasteiger partial charge in [-0.3, -0.25) is 0 Å². The van der Waals surface area contributed by atoms with Crippen LogP contribution in [0.15, 0.2) is 24.3 Å². The van der Waals surface area contributed by atoms with Gasteiger partial charge in [0.2, 0.25) is 0 Å². The number of anilines is 1. The van der Waals surface area contributed by atoms with E-state index < -0.39 is 17.3 Å². The van der Waals surface area contributed by atoms with Gasteiger partial charge in [-0.1, -0.05) is 6.07 Å². The number of halogens is 3. The van der Waals surface area contributed by atoms with E-state index >= 15 is 0 Å². The molecule has 0 bridgehead atoms. The zero-order valence-corrected chi connectivity index (χ0v) is 16.4. The first-order valence-corrected chi connectivity index (χ1v) is 9.08. The Kier molecular flexibility index (Phi) is 6.56. The van der Waals surface area contributed by atoms with Crippen molar-refractivity contribution in [2.45, 2.75) is 39.0 Å². The molecule has 0 atom stereocenters. The minimum atomic E-state index is -4.41. The molecular formula is C18H24F3N3O2S. The van der Waals surface area contributed by atoms with E-state index in [4.69, 9.17) is 17.0 Å². The SMILES string of the molecule is CC(C)(C)OC(=O)N1CCCN(C(=S)Nc2cccc(C(F)(F)F)c2)CC1. The predicted octanol–water partition coefficient (Wildman–Crippen LogP) is 4.35. The van der Waals surface area contributed by atoms with Gasteiger partial charge in [0.25, 0.3) is 0 Å². The highest BCUT2D eigenvalue weighted by atomic mass is 32.1. The maximum Gasteiger partial charge on any atom is 0.416 e. The van der Waals surface area contributed by atoms with Gasteiger partial charge in [0, 0.05) is 31.9 Å². The molecule has 150 valence electrons. The van der Waals surface area contributed by atoms with Crippen molar-refractivity contribution in [3.8, 4) is 0 Å². The molecule has 1 N–H and O–H groups in total. The molecule has 27 heavy (non-hydrogen) atoms. The molecule has 0 aromatic heterocycles. The van der Waals surface area contributed by atoms with Gasteiger partial charge in [-0.2, -0.15) is 13.2 Å². The van der Waals surface area contributed by atoms with Crippen molar-refractivity contribution in [1.82, 2.24) is 9.80 Å².